The molecule has 2 amide bonds. The van der Waals surface area contributed by atoms with Crippen molar-refractivity contribution >= 4 is 11.8 Å². The number of carbonyl (C=O) groups is 2. The molecule has 1 N–H and O–H groups in total. The largest absolute Gasteiger partial charge is 0.374 e. The lowest BCUT2D eigenvalue weighted by Gasteiger charge is -2.49. The first-order chi connectivity index (χ1) is 9.58. The van der Waals surface area contributed by atoms with Crippen LogP contribution in [0.1, 0.15) is 60.3 Å². The first-order valence-electron chi connectivity index (χ1n) is 7.87. The fourth-order valence-electron chi connectivity index (χ4n) is 3.20. The lowest BCUT2D eigenvalue weighted by molar-refractivity contribution is -0.162. The first-order valence-corrected chi connectivity index (χ1v) is 7.87. The van der Waals surface area contributed by atoms with Crippen molar-refractivity contribution in [3.63, 3.8) is 0 Å². The number of nitrogens with zero attached hydrogens (tertiary/aromatic N) is 1. The number of ether oxygens (including phenoxy) is 1. The molecule has 0 aromatic heterocycles. The maximum atomic E-state index is 12.9. The van der Waals surface area contributed by atoms with Crippen LogP contribution in [0, 0.1) is 0 Å². The van der Waals surface area contributed by atoms with Gasteiger partial charge in [0.15, 0.2) is 0 Å². The van der Waals surface area contributed by atoms with Crippen molar-refractivity contribution in [2.75, 3.05) is 13.2 Å². The molecule has 1 heterocycles. The zero-order valence-electron chi connectivity index (χ0n) is 13.9. The maximum Gasteiger partial charge on any atom is 0.249 e. The summed E-state index contributed by atoms with van der Waals surface area (Å²) >= 11 is 0. The van der Waals surface area contributed by atoms with Gasteiger partial charge >= 0.3 is 0 Å². The molecule has 1 saturated heterocycles. The van der Waals surface area contributed by atoms with Crippen molar-refractivity contribution in [1.82, 2.24) is 10.2 Å². The van der Waals surface area contributed by atoms with Gasteiger partial charge in [-0.3, -0.25) is 9.59 Å². The van der Waals surface area contributed by atoms with Gasteiger partial charge in [0, 0.05) is 6.54 Å². The topological polar surface area (TPSA) is 58.6 Å². The van der Waals surface area contributed by atoms with E-state index in [0.717, 1.165) is 25.7 Å². The highest BCUT2D eigenvalue weighted by atomic mass is 16.5. The molecule has 5 nitrogen and oxygen atoms in total. The van der Waals surface area contributed by atoms with E-state index < -0.39 is 11.1 Å². The van der Waals surface area contributed by atoms with E-state index in [-0.39, 0.29) is 17.4 Å². The van der Waals surface area contributed by atoms with Crippen LogP contribution in [0.3, 0.4) is 0 Å². The van der Waals surface area contributed by atoms with E-state index in [2.05, 4.69) is 5.32 Å². The van der Waals surface area contributed by atoms with E-state index in [1.165, 1.54) is 0 Å². The van der Waals surface area contributed by atoms with Crippen LogP contribution in [-0.2, 0) is 14.3 Å². The first kappa shape index (κ1) is 16.3. The molecule has 2 aliphatic rings. The molecule has 21 heavy (non-hydrogen) atoms. The number of carbonyl (C=O) groups excluding carboxylic acids is 2. The molecule has 2 rings (SSSR count). The van der Waals surface area contributed by atoms with Gasteiger partial charge in [-0.2, -0.15) is 0 Å². The number of hydrogen-bond acceptors (Lipinski definition) is 3. The highest BCUT2D eigenvalue weighted by molar-refractivity contribution is 6.02. The zero-order chi connectivity index (χ0) is 15.9. The second kappa shape index (κ2) is 5.27. The minimum Gasteiger partial charge on any atom is -0.374 e. The van der Waals surface area contributed by atoms with Crippen LogP contribution < -0.4 is 5.32 Å². The third-order valence-electron chi connectivity index (χ3n) is 4.54. The summed E-state index contributed by atoms with van der Waals surface area (Å²) < 4.78 is 5.73. The molecule has 5 heteroatoms. The lowest BCUT2D eigenvalue weighted by atomic mass is 9.86. The SMILES string of the molecule is CC(C)(C)OCCN1C(=O)C2(CCCC2)NC(=O)C1(C)C. The van der Waals surface area contributed by atoms with Crippen LogP contribution >= 0.6 is 0 Å². The number of nitrogens with one attached hydrogen (secondary N) is 1. The van der Waals surface area contributed by atoms with E-state index >= 15 is 0 Å². The van der Waals surface area contributed by atoms with Crippen molar-refractivity contribution in [2.45, 2.75) is 77.0 Å². The average Bonchev–Trinajstić information content (AvgIpc) is 2.80. The standard InChI is InChI=1S/C16H28N2O3/c1-14(2,3)21-11-10-18-13(20)16(8-6-7-9-16)17-12(19)15(18,4)5/h6-11H2,1-5H3,(H,17,19). The summed E-state index contributed by atoms with van der Waals surface area (Å²) in [5.41, 5.74) is -1.71. The molecule has 1 aliphatic carbocycles. The van der Waals surface area contributed by atoms with E-state index in [9.17, 15) is 9.59 Å². The van der Waals surface area contributed by atoms with Gasteiger partial charge in [-0.25, -0.2) is 0 Å². The van der Waals surface area contributed by atoms with Gasteiger partial charge in [0.05, 0.1) is 12.2 Å². The van der Waals surface area contributed by atoms with Crippen molar-refractivity contribution in [1.29, 1.82) is 0 Å². The van der Waals surface area contributed by atoms with E-state index in [4.69, 9.17) is 4.74 Å². The molecule has 1 spiro atoms. The Morgan fingerprint density at radius 3 is 2.29 bits per heavy atom. The molecular weight excluding hydrogens is 268 g/mol. The average molecular weight is 296 g/mol. The highest BCUT2D eigenvalue weighted by Crippen LogP contribution is 2.37. The van der Waals surface area contributed by atoms with Gasteiger partial charge in [-0.15, -0.1) is 0 Å². The molecule has 120 valence electrons. The van der Waals surface area contributed by atoms with Crippen molar-refractivity contribution in [3.05, 3.63) is 0 Å². The fraction of sp³-hybridized carbons (Fsp3) is 0.875. The summed E-state index contributed by atoms with van der Waals surface area (Å²) in [5, 5.41) is 3.00. The molecule has 0 bridgehead atoms. The Kier molecular flexibility index (Phi) is 4.08. The van der Waals surface area contributed by atoms with Crippen LogP contribution in [0.15, 0.2) is 0 Å². The molecule has 1 aliphatic heterocycles. The molecule has 0 atom stereocenters. The summed E-state index contributed by atoms with van der Waals surface area (Å²) in [7, 11) is 0. The Labute approximate surface area is 127 Å². The normalized spacial score (nSPS) is 24.5. The Morgan fingerprint density at radius 1 is 1.19 bits per heavy atom. The van der Waals surface area contributed by atoms with Gasteiger partial charge in [0.25, 0.3) is 0 Å². The second-order valence-corrected chi connectivity index (χ2v) is 7.72. The van der Waals surface area contributed by atoms with Gasteiger partial charge in [0.2, 0.25) is 11.8 Å². The van der Waals surface area contributed by atoms with Crippen LogP contribution in [-0.4, -0.2) is 46.5 Å². The predicted molar refractivity (Wildman–Crippen MR) is 80.8 cm³/mol. The van der Waals surface area contributed by atoms with Crippen LogP contribution in [0.5, 0.6) is 0 Å². The third kappa shape index (κ3) is 3.07. The number of piperazine rings is 1. The molecule has 0 aromatic carbocycles. The summed E-state index contributed by atoms with van der Waals surface area (Å²) in [5.74, 6) is 0.00173. The van der Waals surface area contributed by atoms with Gasteiger partial charge in [-0.05, 0) is 47.5 Å². The molecule has 2 fully saturated rings. The van der Waals surface area contributed by atoms with Crippen LogP contribution in [0.2, 0.25) is 0 Å². The molecule has 0 radical (unpaired) electrons. The maximum absolute atomic E-state index is 12.9. The highest BCUT2D eigenvalue weighted by Gasteiger charge is 2.55. The molecule has 0 aromatic rings. The van der Waals surface area contributed by atoms with E-state index in [1.54, 1.807) is 18.7 Å². The van der Waals surface area contributed by atoms with E-state index in [0.29, 0.717) is 13.2 Å². The van der Waals surface area contributed by atoms with Gasteiger partial charge in [-0.1, -0.05) is 12.8 Å². The van der Waals surface area contributed by atoms with Gasteiger partial charge in [0.1, 0.15) is 11.1 Å². The smallest absolute Gasteiger partial charge is 0.249 e. The Bertz CT molecular complexity index is 431. The molecule has 1 saturated carbocycles. The van der Waals surface area contributed by atoms with Crippen LogP contribution in [0.25, 0.3) is 0 Å². The summed E-state index contributed by atoms with van der Waals surface area (Å²) in [6.45, 7) is 10.5. The minimum absolute atomic E-state index is 0.0558. The molecule has 0 unspecified atom stereocenters. The summed E-state index contributed by atoms with van der Waals surface area (Å²) in [6, 6.07) is 0. The van der Waals surface area contributed by atoms with Crippen molar-refractivity contribution in [3.8, 4) is 0 Å². The lowest BCUT2D eigenvalue weighted by Crippen LogP contribution is -2.73. The second-order valence-electron chi connectivity index (χ2n) is 7.72. The minimum atomic E-state index is -0.813. The van der Waals surface area contributed by atoms with Crippen molar-refractivity contribution < 1.29 is 14.3 Å². The quantitative estimate of drug-likeness (QED) is 0.864. The number of hydrogen-bond donors (Lipinski definition) is 1. The molecular formula is C16H28N2O3. The van der Waals surface area contributed by atoms with Crippen LogP contribution in [0.4, 0.5) is 0 Å². The number of amides is 2. The zero-order valence-corrected chi connectivity index (χ0v) is 13.9. The van der Waals surface area contributed by atoms with Gasteiger partial charge < -0.3 is 15.0 Å². The van der Waals surface area contributed by atoms with E-state index in [1.807, 2.05) is 20.8 Å². The summed E-state index contributed by atoms with van der Waals surface area (Å²) in [4.78, 5) is 27.1. The van der Waals surface area contributed by atoms with Crippen molar-refractivity contribution in [2.24, 2.45) is 0 Å². The Balaban J connectivity index is 2.14. The third-order valence-corrected chi connectivity index (χ3v) is 4.54. The summed E-state index contributed by atoms with van der Waals surface area (Å²) in [6.07, 6.45) is 3.51. The number of rotatable bonds is 3. The monoisotopic (exact) mass is 296 g/mol. The predicted octanol–water partition coefficient (Wildman–Crippen LogP) is 1.85. The fourth-order valence-corrected chi connectivity index (χ4v) is 3.20. The Hall–Kier alpha value is -1.10. The Morgan fingerprint density at radius 2 is 1.76 bits per heavy atom.